The summed E-state index contributed by atoms with van der Waals surface area (Å²) >= 11 is 6.12. The average Bonchev–Trinajstić information content (AvgIpc) is 3.00. The van der Waals surface area contributed by atoms with Gasteiger partial charge < -0.3 is 10.1 Å². The number of ether oxygens (including phenoxy) is 1. The minimum absolute atomic E-state index is 0.140. The van der Waals surface area contributed by atoms with Crippen LogP contribution in [0.2, 0.25) is 5.02 Å². The molecule has 1 fully saturated rings. The number of carbonyl (C=O) groups is 4. The largest absolute Gasteiger partial charge is 0.496 e. The van der Waals surface area contributed by atoms with Gasteiger partial charge in [-0.1, -0.05) is 24.6 Å². The molecule has 0 aromatic heterocycles. The zero-order valence-electron chi connectivity index (χ0n) is 21.1. The van der Waals surface area contributed by atoms with Crippen molar-refractivity contribution in [3.05, 3.63) is 53.1 Å². The SMILES string of the molecule is CC[C@@H](CC(=O)N1CC(=O)CCC(Cc2cc(Cl)ccc2OC)C1=O)C(=O)Nc1cccc(S(N)(=O)=O)c1. The van der Waals surface area contributed by atoms with Crippen LogP contribution in [-0.2, 0) is 35.6 Å². The van der Waals surface area contributed by atoms with E-state index in [0.717, 1.165) is 4.90 Å². The summed E-state index contributed by atoms with van der Waals surface area (Å²) in [7, 11) is -2.46. The van der Waals surface area contributed by atoms with Crippen LogP contribution < -0.4 is 15.2 Å². The summed E-state index contributed by atoms with van der Waals surface area (Å²) in [5.41, 5.74) is 0.886. The number of sulfonamides is 1. The van der Waals surface area contributed by atoms with E-state index in [1.807, 2.05) is 0 Å². The zero-order chi connectivity index (χ0) is 28.0. The second-order valence-corrected chi connectivity index (χ2v) is 11.1. The maximum atomic E-state index is 13.4. The average molecular weight is 564 g/mol. The van der Waals surface area contributed by atoms with E-state index in [9.17, 15) is 27.6 Å². The molecule has 12 heteroatoms. The van der Waals surface area contributed by atoms with Crippen LogP contribution in [0.15, 0.2) is 47.4 Å². The van der Waals surface area contributed by atoms with Crippen molar-refractivity contribution in [2.24, 2.45) is 17.0 Å². The molecule has 1 aliphatic rings. The molecule has 1 heterocycles. The first-order valence-corrected chi connectivity index (χ1v) is 14.0. The first kappa shape index (κ1) is 29.3. The highest BCUT2D eigenvalue weighted by Gasteiger charge is 2.35. The second-order valence-electron chi connectivity index (χ2n) is 9.12. The number of benzene rings is 2. The van der Waals surface area contributed by atoms with Crippen molar-refractivity contribution in [1.82, 2.24) is 4.90 Å². The number of Topliss-reactive ketones (excluding diaryl/α,β-unsaturated/α-hetero) is 1. The van der Waals surface area contributed by atoms with Crippen molar-refractivity contribution in [2.45, 2.75) is 43.9 Å². The summed E-state index contributed by atoms with van der Waals surface area (Å²) < 4.78 is 28.6. The van der Waals surface area contributed by atoms with Gasteiger partial charge in [0.25, 0.3) is 0 Å². The molecule has 0 spiro atoms. The van der Waals surface area contributed by atoms with E-state index in [-0.39, 0.29) is 55.0 Å². The highest BCUT2D eigenvalue weighted by atomic mass is 35.5. The predicted molar refractivity (Wildman–Crippen MR) is 141 cm³/mol. The molecule has 2 aromatic rings. The molecule has 1 unspecified atom stereocenters. The maximum absolute atomic E-state index is 13.4. The lowest BCUT2D eigenvalue weighted by Gasteiger charge is -2.24. The Morgan fingerprint density at radius 2 is 1.95 bits per heavy atom. The molecule has 3 amide bonds. The molecule has 0 bridgehead atoms. The summed E-state index contributed by atoms with van der Waals surface area (Å²) in [5, 5.41) is 8.21. The molecule has 204 valence electrons. The molecule has 0 aliphatic carbocycles. The molecule has 1 saturated heterocycles. The quantitative estimate of drug-likeness (QED) is 0.475. The van der Waals surface area contributed by atoms with Crippen LogP contribution in [0.3, 0.4) is 0 Å². The lowest BCUT2D eigenvalue weighted by molar-refractivity contribution is -0.149. The number of nitrogens with zero attached hydrogens (tertiary/aromatic N) is 1. The Hall–Kier alpha value is -3.28. The summed E-state index contributed by atoms with van der Waals surface area (Å²) in [4.78, 5) is 52.7. The molecule has 3 N–H and O–H groups in total. The molecule has 3 rings (SSSR count). The normalized spacial score (nSPS) is 17.1. The molecular formula is C26H30ClN3O7S. The van der Waals surface area contributed by atoms with Crippen LogP contribution in [0.25, 0.3) is 0 Å². The standard InChI is InChI=1S/C26H30ClN3O7S/c1-3-16(25(33)29-20-5-4-6-22(14-20)38(28,35)36)13-24(32)30-15-21(31)9-7-17(26(30)34)11-18-12-19(27)8-10-23(18)37-2/h4-6,8,10,12,14,16-17H,3,7,9,11,13,15H2,1-2H3,(H,29,33)(H2,28,35,36)/t16-,17?/m0/s1. The number of imide groups is 1. The number of hydrogen-bond donors (Lipinski definition) is 2. The number of amides is 3. The fourth-order valence-electron chi connectivity index (χ4n) is 4.32. The second kappa shape index (κ2) is 12.5. The van der Waals surface area contributed by atoms with Crippen LogP contribution in [0.1, 0.15) is 38.2 Å². The van der Waals surface area contributed by atoms with E-state index in [4.69, 9.17) is 21.5 Å². The number of nitrogens with one attached hydrogen (secondary N) is 1. The Morgan fingerprint density at radius 3 is 2.61 bits per heavy atom. The first-order chi connectivity index (χ1) is 17.9. The Kier molecular flexibility index (Phi) is 9.64. The van der Waals surface area contributed by atoms with Gasteiger partial charge >= 0.3 is 0 Å². The van der Waals surface area contributed by atoms with Crippen LogP contribution in [0.4, 0.5) is 5.69 Å². The number of nitrogens with two attached hydrogens (primary N) is 1. The van der Waals surface area contributed by atoms with Crippen molar-refractivity contribution < 1.29 is 32.3 Å². The number of methoxy groups -OCH3 is 1. The highest BCUT2D eigenvalue weighted by molar-refractivity contribution is 7.89. The van der Waals surface area contributed by atoms with Gasteiger partial charge in [-0.3, -0.25) is 24.1 Å². The van der Waals surface area contributed by atoms with E-state index >= 15 is 0 Å². The van der Waals surface area contributed by atoms with E-state index in [1.54, 1.807) is 25.1 Å². The van der Waals surface area contributed by atoms with Crippen LogP contribution in [-0.4, -0.2) is 50.5 Å². The van der Waals surface area contributed by atoms with Gasteiger partial charge in [0.2, 0.25) is 27.7 Å². The van der Waals surface area contributed by atoms with E-state index in [0.29, 0.717) is 16.3 Å². The highest BCUT2D eigenvalue weighted by Crippen LogP contribution is 2.29. The van der Waals surface area contributed by atoms with Crippen molar-refractivity contribution in [3.63, 3.8) is 0 Å². The predicted octanol–water partition coefficient (Wildman–Crippen LogP) is 2.93. The Balaban J connectivity index is 1.75. The van der Waals surface area contributed by atoms with Gasteiger partial charge in [-0.25, -0.2) is 13.6 Å². The van der Waals surface area contributed by atoms with Crippen molar-refractivity contribution in [3.8, 4) is 5.75 Å². The minimum Gasteiger partial charge on any atom is -0.496 e. The van der Waals surface area contributed by atoms with E-state index < -0.39 is 39.6 Å². The number of ketones is 1. The minimum atomic E-state index is -3.97. The Bertz CT molecular complexity index is 1350. The number of anilines is 1. The van der Waals surface area contributed by atoms with Gasteiger partial charge in [0.1, 0.15) is 5.75 Å². The van der Waals surface area contributed by atoms with Gasteiger partial charge in [0, 0.05) is 35.4 Å². The smallest absolute Gasteiger partial charge is 0.238 e. The van der Waals surface area contributed by atoms with Crippen LogP contribution in [0.5, 0.6) is 5.75 Å². The van der Waals surface area contributed by atoms with Gasteiger partial charge in [-0.05, 0) is 61.2 Å². The van der Waals surface area contributed by atoms with Gasteiger partial charge in [-0.15, -0.1) is 0 Å². The molecule has 0 saturated carbocycles. The number of rotatable bonds is 9. The number of likely N-dealkylation sites (tertiary alicyclic amines) is 1. The van der Waals surface area contributed by atoms with Gasteiger partial charge in [-0.2, -0.15) is 0 Å². The lowest BCUT2D eigenvalue weighted by Crippen LogP contribution is -2.43. The van der Waals surface area contributed by atoms with Gasteiger partial charge in [0.05, 0.1) is 18.6 Å². The Morgan fingerprint density at radius 1 is 1.21 bits per heavy atom. The molecule has 1 aliphatic heterocycles. The lowest BCUT2D eigenvalue weighted by atomic mass is 9.93. The van der Waals surface area contributed by atoms with E-state index in [1.165, 1.54) is 31.4 Å². The maximum Gasteiger partial charge on any atom is 0.238 e. The van der Waals surface area contributed by atoms with Crippen molar-refractivity contribution >= 4 is 50.8 Å². The molecular weight excluding hydrogens is 534 g/mol. The fourth-order valence-corrected chi connectivity index (χ4v) is 5.08. The molecule has 38 heavy (non-hydrogen) atoms. The number of hydrogen-bond acceptors (Lipinski definition) is 7. The monoisotopic (exact) mass is 563 g/mol. The summed E-state index contributed by atoms with van der Waals surface area (Å²) in [6, 6.07) is 10.5. The third-order valence-corrected chi connectivity index (χ3v) is 7.59. The first-order valence-electron chi connectivity index (χ1n) is 12.0. The van der Waals surface area contributed by atoms with Gasteiger partial charge in [0.15, 0.2) is 5.78 Å². The van der Waals surface area contributed by atoms with E-state index in [2.05, 4.69) is 5.32 Å². The topological polar surface area (TPSA) is 153 Å². The number of carbonyl (C=O) groups excluding carboxylic acids is 4. The van der Waals surface area contributed by atoms with Crippen LogP contribution in [0, 0.1) is 11.8 Å². The number of halogens is 1. The molecule has 10 nitrogen and oxygen atoms in total. The third-order valence-electron chi connectivity index (χ3n) is 6.45. The van der Waals surface area contributed by atoms with Crippen LogP contribution >= 0.6 is 11.6 Å². The summed E-state index contributed by atoms with van der Waals surface area (Å²) in [6.07, 6.45) is 0.614. The zero-order valence-corrected chi connectivity index (χ0v) is 22.7. The molecule has 2 aromatic carbocycles. The fraction of sp³-hybridized carbons (Fsp3) is 0.385. The summed E-state index contributed by atoms with van der Waals surface area (Å²) in [6.45, 7) is 1.36. The summed E-state index contributed by atoms with van der Waals surface area (Å²) in [5.74, 6) is -2.81. The number of primary sulfonamides is 1. The van der Waals surface area contributed by atoms with Crippen molar-refractivity contribution in [1.29, 1.82) is 0 Å². The van der Waals surface area contributed by atoms with Crippen molar-refractivity contribution in [2.75, 3.05) is 19.0 Å². The molecule has 2 atom stereocenters. The Labute approximate surface area is 226 Å². The molecule has 0 radical (unpaired) electrons. The third kappa shape index (κ3) is 7.40.